The highest BCUT2D eigenvalue weighted by Crippen LogP contribution is 2.31. The van der Waals surface area contributed by atoms with Gasteiger partial charge in [-0.3, -0.25) is 9.58 Å². The summed E-state index contributed by atoms with van der Waals surface area (Å²) in [6.45, 7) is 8.83. The molecule has 12 heteroatoms. The number of benzene rings is 1. The molecule has 0 radical (unpaired) electrons. The molecule has 2 fully saturated rings. The van der Waals surface area contributed by atoms with E-state index in [2.05, 4.69) is 20.2 Å². The number of aromatic nitrogens is 4. The van der Waals surface area contributed by atoms with Crippen molar-refractivity contribution >= 4 is 64.9 Å². The zero-order chi connectivity index (χ0) is 24.5. The normalized spacial score (nSPS) is 18.9. The predicted molar refractivity (Wildman–Crippen MR) is 152 cm³/mol. The number of rotatable bonds is 6. The van der Waals surface area contributed by atoms with Gasteiger partial charge in [-0.2, -0.15) is 10.1 Å². The molecule has 1 aromatic carbocycles. The maximum Gasteiger partial charge on any atom is 0.228 e. The number of aliphatic hydroxyl groups is 1. The van der Waals surface area contributed by atoms with Gasteiger partial charge in [-0.15, -0.1) is 24.8 Å². The van der Waals surface area contributed by atoms with Gasteiger partial charge in [0.2, 0.25) is 5.95 Å². The summed E-state index contributed by atoms with van der Waals surface area (Å²) >= 11 is 5.94. The monoisotopic (exact) mass is 573 g/mol. The van der Waals surface area contributed by atoms with Crippen molar-refractivity contribution in [3.63, 3.8) is 0 Å². The minimum Gasteiger partial charge on any atom is -0.396 e. The molecule has 0 aliphatic carbocycles. The smallest absolute Gasteiger partial charge is 0.228 e. The number of piperidine rings is 2. The molecule has 2 N–H and O–H groups in total. The highest BCUT2D eigenvalue weighted by atomic mass is 35.5. The Hall–Kier alpha value is -1.91. The molecule has 2 aliphatic rings. The zero-order valence-corrected chi connectivity index (χ0v) is 23.5. The molecule has 1 atom stereocenters. The van der Waals surface area contributed by atoms with Crippen LogP contribution in [0.15, 0.2) is 18.2 Å². The molecule has 2 aliphatic heterocycles. The van der Waals surface area contributed by atoms with Crippen LogP contribution in [0.25, 0.3) is 11.0 Å². The standard InChI is InChI=1S/C25H33ClFN7O.2ClH/c1-3-34-16(2)22-23(31-34)24(28-21-7-6-18(26)13-20(21)27)30-25(29-22)32-11-8-19(9-12-32)33-10-4-5-17(14-33)15-35;;/h6-7,13,17,19,35H,3-5,8-12,14-15H2,1-2H3,(H,28,29,30);2*1H/t17-;;/m0../s1. The van der Waals surface area contributed by atoms with Crippen molar-refractivity contribution < 1.29 is 9.50 Å². The minimum atomic E-state index is -0.444. The van der Waals surface area contributed by atoms with E-state index in [-0.39, 0.29) is 31.4 Å². The summed E-state index contributed by atoms with van der Waals surface area (Å²) in [6, 6.07) is 5.06. The Morgan fingerprint density at radius 3 is 2.54 bits per heavy atom. The Balaban J connectivity index is 0.00000190. The van der Waals surface area contributed by atoms with Crippen molar-refractivity contribution in [2.24, 2.45) is 5.92 Å². The summed E-state index contributed by atoms with van der Waals surface area (Å²) < 4.78 is 16.5. The van der Waals surface area contributed by atoms with E-state index in [1.165, 1.54) is 6.07 Å². The molecular formula is C25H35Cl3FN7O. The number of halogens is 4. The van der Waals surface area contributed by atoms with E-state index in [4.69, 9.17) is 21.6 Å². The maximum atomic E-state index is 14.6. The summed E-state index contributed by atoms with van der Waals surface area (Å²) in [5.41, 5.74) is 2.66. The SMILES string of the molecule is CCn1nc2c(Nc3ccc(Cl)cc3F)nc(N3CCC(N4CCC[C@H](CO)C4)CC3)nc2c1C.Cl.Cl. The lowest BCUT2D eigenvalue weighted by Crippen LogP contribution is -2.49. The Morgan fingerprint density at radius 2 is 1.86 bits per heavy atom. The van der Waals surface area contributed by atoms with Gasteiger partial charge in [0.25, 0.3) is 0 Å². The molecule has 0 spiro atoms. The Bertz CT molecular complexity index is 1200. The third kappa shape index (κ3) is 6.23. The number of aliphatic hydroxyl groups excluding tert-OH is 1. The van der Waals surface area contributed by atoms with E-state index < -0.39 is 5.82 Å². The molecule has 37 heavy (non-hydrogen) atoms. The number of anilines is 3. The molecule has 0 saturated carbocycles. The van der Waals surface area contributed by atoms with Gasteiger partial charge in [-0.25, -0.2) is 9.37 Å². The van der Waals surface area contributed by atoms with E-state index in [0.717, 1.165) is 63.1 Å². The molecule has 204 valence electrons. The van der Waals surface area contributed by atoms with Crippen LogP contribution >= 0.6 is 36.4 Å². The fourth-order valence-corrected chi connectivity index (χ4v) is 5.53. The van der Waals surface area contributed by atoms with Crippen LogP contribution in [0.1, 0.15) is 38.3 Å². The van der Waals surface area contributed by atoms with Crippen LogP contribution in [-0.2, 0) is 6.54 Å². The second-order valence-electron chi connectivity index (χ2n) is 9.62. The molecule has 8 nitrogen and oxygen atoms in total. The summed E-state index contributed by atoms with van der Waals surface area (Å²) in [4.78, 5) is 14.5. The van der Waals surface area contributed by atoms with Crippen LogP contribution in [0, 0.1) is 18.7 Å². The lowest BCUT2D eigenvalue weighted by molar-refractivity contribution is 0.0776. The summed E-state index contributed by atoms with van der Waals surface area (Å²) in [7, 11) is 0. The van der Waals surface area contributed by atoms with Crippen LogP contribution in [-0.4, -0.2) is 68.6 Å². The van der Waals surface area contributed by atoms with Gasteiger partial charge in [0.1, 0.15) is 11.3 Å². The molecule has 4 heterocycles. The maximum absolute atomic E-state index is 14.6. The number of aryl methyl sites for hydroxylation is 2. The zero-order valence-electron chi connectivity index (χ0n) is 21.2. The van der Waals surface area contributed by atoms with Crippen molar-refractivity contribution in [1.29, 1.82) is 0 Å². The second kappa shape index (κ2) is 12.8. The van der Waals surface area contributed by atoms with Crippen molar-refractivity contribution in [3.05, 3.63) is 34.7 Å². The number of likely N-dealkylation sites (tertiary alicyclic amines) is 1. The number of fused-ring (bicyclic) bond motifs is 1. The minimum absolute atomic E-state index is 0. The number of nitrogens with one attached hydrogen (secondary N) is 1. The van der Waals surface area contributed by atoms with Gasteiger partial charge in [0.15, 0.2) is 11.3 Å². The molecule has 2 saturated heterocycles. The lowest BCUT2D eigenvalue weighted by Gasteiger charge is -2.42. The van der Waals surface area contributed by atoms with E-state index >= 15 is 0 Å². The van der Waals surface area contributed by atoms with Crippen LogP contribution in [0.4, 0.5) is 21.8 Å². The average Bonchev–Trinajstić information content (AvgIpc) is 3.21. The average molecular weight is 575 g/mol. The first-order valence-electron chi connectivity index (χ1n) is 12.5. The lowest BCUT2D eigenvalue weighted by atomic mass is 9.94. The molecule has 0 amide bonds. The highest BCUT2D eigenvalue weighted by Gasteiger charge is 2.30. The van der Waals surface area contributed by atoms with Crippen LogP contribution in [0.2, 0.25) is 5.02 Å². The fourth-order valence-electron chi connectivity index (χ4n) is 5.37. The van der Waals surface area contributed by atoms with Gasteiger partial charge in [0.05, 0.1) is 11.4 Å². The van der Waals surface area contributed by atoms with Crippen LogP contribution < -0.4 is 10.2 Å². The summed E-state index contributed by atoms with van der Waals surface area (Å²) in [5.74, 6) is 1.08. The Labute approximate surface area is 234 Å². The second-order valence-corrected chi connectivity index (χ2v) is 10.1. The van der Waals surface area contributed by atoms with E-state index in [1.54, 1.807) is 12.1 Å². The Morgan fingerprint density at radius 1 is 1.11 bits per heavy atom. The molecule has 0 bridgehead atoms. The molecule has 3 aromatic rings. The quantitative estimate of drug-likeness (QED) is 0.418. The van der Waals surface area contributed by atoms with E-state index in [9.17, 15) is 9.50 Å². The fraction of sp³-hybridized carbons (Fsp3) is 0.560. The molecular weight excluding hydrogens is 540 g/mol. The number of hydrogen-bond donors (Lipinski definition) is 2. The molecule has 2 aromatic heterocycles. The summed E-state index contributed by atoms with van der Waals surface area (Å²) in [6.07, 6.45) is 4.33. The third-order valence-electron chi connectivity index (χ3n) is 7.38. The molecule has 0 unspecified atom stereocenters. The van der Waals surface area contributed by atoms with Crippen molar-refractivity contribution in [2.45, 2.75) is 52.1 Å². The van der Waals surface area contributed by atoms with E-state index in [1.807, 2.05) is 18.5 Å². The van der Waals surface area contributed by atoms with Crippen molar-refractivity contribution in [2.75, 3.05) is 43.0 Å². The number of hydrogen-bond acceptors (Lipinski definition) is 7. The van der Waals surface area contributed by atoms with Gasteiger partial charge < -0.3 is 15.3 Å². The summed E-state index contributed by atoms with van der Waals surface area (Å²) in [5, 5.41) is 17.8. The van der Waals surface area contributed by atoms with Gasteiger partial charge in [-0.1, -0.05) is 11.6 Å². The topological polar surface area (TPSA) is 82.3 Å². The highest BCUT2D eigenvalue weighted by molar-refractivity contribution is 6.30. The first kappa shape index (κ1) is 29.6. The first-order valence-corrected chi connectivity index (χ1v) is 12.9. The van der Waals surface area contributed by atoms with Crippen LogP contribution in [0.3, 0.4) is 0 Å². The largest absolute Gasteiger partial charge is 0.396 e. The molecule has 5 rings (SSSR count). The van der Waals surface area contributed by atoms with Gasteiger partial charge in [-0.05, 0) is 70.2 Å². The third-order valence-corrected chi connectivity index (χ3v) is 7.61. The first-order chi connectivity index (χ1) is 17.0. The van der Waals surface area contributed by atoms with Crippen molar-refractivity contribution in [3.8, 4) is 0 Å². The van der Waals surface area contributed by atoms with E-state index in [0.29, 0.717) is 46.5 Å². The predicted octanol–water partition coefficient (Wildman–Crippen LogP) is 5.21. The van der Waals surface area contributed by atoms with Crippen LogP contribution in [0.5, 0.6) is 0 Å². The number of nitrogens with zero attached hydrogens (tertiary/aromatic N) is 6. The van der Waals surface area contributed by atoms with Gasteiger partial charge in [0, 0.05) is 43.9 Å². The van der Waals surface area contributed by atoms with Gasteiger partial charge >= 0.3 is 0 Å². The van der Waals surface area contributed by atoms with Crippen molar-refractivity contribution in [1.82, 2.24) is 24.6 Å². The Kier molecular flexibility index (Phi) is 10.2.